The van der Waals surface area contributed by atoms with Crippen molar-refractivity contribution in [1.82, 2.24) is 5.32 Å². The minimum atomic E-state index is -0.467. The van der Waals surface area contributed by atoms with Crippen LogP contribution in [0.3, 0.4) is 0 Å². The number of hydrogen-bond acceptors (Lipinski definition) is 3. The Morgan fingerprint density at radius 3 is 2.81 bits per heavy atom. The molecule has 1 N–H and O–H groups in total. The topological polar surface area (TPSA) is 58.6 Å². The van der Waals surface area contributed by atoms with Crippen LogP contribution >= 0.6 is 0 Å². The van der Waals surface area contributed by atoms with E-state index in [0.717, 1.165) is 11.3 Å². The molecule has 0 bridgehead atoms. The number of ether oxygens (including phenoxy) is 1. The van der Waals surface area contributed by atoms with Crippen molar-refractivity contribution in [2.75, 3.05) is 18.6 Å². The highest BCUT2D eigenvalue weighted by Gasteiger charge is 2.32. The van der Waals surface area contributed by atoms with Gasteiger partial charge in [0, 0.05) is 25.8 Å². The summed E-state index contributed by atoms with van der Waals surface area (Å²) in [6.45, 7) is 4.78. The molecule has 1 heterocycles. The van der Waals surface area contributed by atoms with Gasteiger partial charge < -0.3 is 15.0 Å². The van der Waals surface area contributed by atoms with Crippen molar-refractivity contribution in [2.45, 2.75) is 32.9 Å². The Bertz CT molecular complexity index is 528. The summed E-state index contributed by atoms with van der Waals surface area (Å²) in [5, 5.41) is 2.81. The zero-order valence-electron chi connectivity index (χ0n) is 12.8. The number of amides is 2. The standard InChI is InChI=1S/C16H22N2O3/c1-11(2)15-16(20)18(8-7-14(19)17-15)13-6-4-5-12(9-13)10-21-3/h4-6,9,11,15H,7-8,10H2,1-3H3,(H,17,19). The van der Waals surface area contributed by atoms with Crippen molar-refractivity contribution in [3.8, 4) is 0 Å². The quantitative estimate of drug-likeness (QED) is 0.918. The van der Waals surface area contributed by atoms with Crippen molar-refractivity contribution in [3.05, 3.63) is 29.8 Å². The normalized spacial score (nSPS) is 19.6. The lowest BCUT2D eigenvalue weighted by Crippen LogP contribution is -2.47. The summed E-state index contributed by atoms with van der Waals surface area (Å²) in [5.41, 5.74) is 1.82. The number of anilines is 1. The lowest BCUT2D eigenvalue weighted by molar-refractivity contribution is -0.126. The first-order valence-corrected chi connectivity index (χ1v) is 7.21. The molecule has 5 heteroatoms. The fourth-order valence-electron chi connectivity index (χ4n) is 2.49. The molecule has 1 unspecified atom stereocenters. The first-order chi connectivity index (χ1) is 10.0. The highest BCUT2D eigenvalue weighted by Crippen LogP contribution is 2.21. The predicted octanol–water partition coefficient (Wildman–Crippen LogP) is 1.71. The summed E-state index contributed by atoms with van der Waals surface area (Å²) < 4.78 is 5.13. The molecule has 1 aliphatic heterocycles. The SMILES string of the molecule is COCc1cccc(N2CCC(=O)NC(C(C)C)C2=O)c1. The number of carbonyl (C=O) groups excluding carboxylic acids is 2. The molecule has 0 radical (unpaired) electrons. The average Bonchev–Trinajstić information content (AvgIpc) is 2.59. The van der Waals surface area contributed by atoms with Crippen LogP contribution < -0.4 is 10.2 Å². The average molecular weight is 290 g/mol. The summed E-state index contributed by atoms with van der Waals surface area (Å²) in [6, 6.07) is 7.23. The highest BCUT2D eigenvalue weighted by molar-refractivity contribution is 6.01. The van der Waals surface area contributed by atoms with Crippen LogP contribution in [-0.4, -0.2) is 31.5 Å². The smallest absolute Gasteiger partial charge is 0.249 e. The maximum absolute atomic E-state index is 12.7. The second-order valence-corrected chi connectivity index (χ2v) is 5.63. The van der Waals surface area contributed by atoms with E-state index in [9.17, 15) is 9.59 Å². The molecule has 5 nitrogen and oxygen atoms in total. The molecule has 2 amide bonds. The zero-order valence-corrected chi connectivity index (χ0v) is 12.8. The van der Waals surface area contributed by atoms with Gasteiger partial charge in [-0.05, 0) is 23.6 Å². The van der Waals surface area contributed by atoms with Crippen molar-refractivity contribution < 1.29 is 14.3 Å². The molecule has 1 atom stereocenters. The van der Waals surface area contributed by atoms with Crippen molar-refractivity contribution in [3.63, 3.8) is 0 Å². The van der Waals surface area contributed by atoms with Crippen LogP contribution in [0.2, 0.25) is 0 Å². The van der Waals surface area contributed by atoms with Gasteiger partial charge in [-0.25, -0.2) is 0 Å². The van der Waals surface area contributed by atoms with Gasteiger partial charge in [-0.15, -0.1) is 0 Å². The van der Waals surface area contributed by atoms with Crippen molar-refractivity contribution in [1.29, 1.82) is 0 Å². The van der Waals surface area contributed by atoms with E-state index in [1.54, 1.807) is 12.0 Å². The molecule has 1 saturated heterocycles. The molecular formula is C16H22N2O3. The van der Waals surface area contributed by atoms with E-state index in [0.29, 0.717) is 19.6 Å². The summed E-state index contributed by atoms with van der Waals surface area (Å²) in [4.78, 5) is 26.2. The van der Waals surface area contributed by atoms with Crippen LogP contribution in [-0.2, 0) is 20.9 Å². The Balaban J connectivity index is 2.30. The number of benzene rings is 1. The third kappa shape index (κ3) is 3.61. The second kappa shape index (κ2) is 6.72. The van der Waals surface area contributed by atoms with E-state index in [1.807, 2.05) is 38.1 Å². The first kappa shape index (κ1) is 15.5. The molecular weight excluding hydrogens is 268 g/mol. The van der Waals surface area contributed by atoms with E-state index >= 15 is 0 Å². The maximum Gasteiger partial charge on any atom is 0.249 e. The molecule has 114 valence electrons. The molecule has 1 fully saturated rings. The van der Waals surface area contributed by atoms with Gasteiger partial charge in [-0.2, -0.15) is 0 Å². The molecule has 21 heavy (non-hydrogen) atoms. The Morgan fingerprint density at radius 1 is 1.38 bits per heavy atom. The van der Waals surface area contributed by atoms with E-state index < -0.39 is 6.04 Å². The van der Waals surface area contributed by atoms with Crippen LogP contribution in [0.25, 0.3) is 0 Å². The predicted molar refractivity (Wildman–Crippen MR) is 80.9 cm³/mol. The van der Waals surface area contributed by atoms with Gasteiger partial charge in [0.2, 0.25) is 11.8 Å². The van der Waals surface area contributed by atoms with E-state index in [4.69, 9.17) is 4.74 Å². The van der Waals surface area contributed by atoms with Crippen LogP contribution in [0.15, 0.2) is 24.3 Å². The zero-order chi connectivity index (χ0) is 15.4. The molecule has 1 aliphatic rings. The minimum absolute atomic E-state index is 0.0505. The van der Waals surface area contributed by atoms with E-state index in [2.05, 4.69) is 5.32 Å². The fraction of sp³-hybridized carbons (Fsp3) is 0.500. The maximum atomic E-state index is 12.7. The second-order valence-electron chi connectivity index (χ2n) is 5.63. The Morgan fingerprint density at radius 2 is 2.14 bits per heavy atom. The Labute approximate surface area is 125 Å². The molecule has 0 saturated carbocycles. The fourth-order valence-corrected chi connectivity index (χ4v) is 2.49. The summed E-state index contributed by atoms with van der Waals surface area (Å²) in [5.74, 6) is -0.0628. The summed E-state index contributed by atoms with van der Waals surface area (Å²) >= 11 is 0. The number of nitrogens with zero attached hydrogens (tertiary/aromatic N) is 1. The number of carbonyl (C=O) groups is 2. The van der Waals surface area contributed by atoms with Crippen molar-refractivity contribution in [2.24, 2.45) is 5.92 Å². The van der Waals surface area contributed by atoms with Crippen LogP contribution in [0.4, 0.5) is 5.69 Å². The van der Waals surface area contributed by atoms with Gasteiger partial charge in [0.25, 0.3) is 0 Å². The minimum Gasteiger partial charge on any atom is -0.380 e. The Kier molecular flexibility index (Phi) is 4.96. The van der Waals surface area contributed by atoms with Crippen LogP contribution in [0, 0.1) is 5.92 Å². The lowest BCUT2D eigenvalue weighted by atomic mass is 10.0. The van der Waals surface area contributed by atoms with Gasteiger partial charge in [0.15, 0.2) is 0 Å². The molecule has 0 aromatic heterocycles. The molecule has 0 aliphatic carbocycles. The molecule has 0 spiro atoms. The molecule has 2 rings (SSSR count). The highest BCUT2D eigenvalue weighted by atomic mass is 16.5. The largest absolute Gasteiger partial charge is 0.380 e. The van der Waals surface area contributed by atoms with Gasteiger partial charge in [0.1, 0.15) is 6.04 Å². The van der Waals surface area contributed by atoms with Gasteiger partial charge in [-0.3, -0.25) is 9.59 Å². The summed E-state index contributed by atoms with van der Waals surface area (Å²) in [6.07, 6.45) is 0.323. The monoisotopic (exact) mass is 290 g/mol. The number of rotatable bonds is 4. The lowest BCUT2D eigenvalue weighted by Gasteiger charge is -2.26. The van der Waals surface area contributed by atoms with Gasteiger partial charge in [-0.1, -0.05) is 26.0 Å². The van der Waals surface area contributed by atoms with Crippen molar-refractivity contribution >= 4 is 17.5 Å². The van der Waals surface area contributed by atoms with Gasteiger partial charge >= 0.3 is 0 Å². The van der Waals surface area contributed by atoms with Crippen LogP contribution in [0.1, 0.15) is 25.8 Å². The number of hydrogen-bond donors (Lipinski definition) is 1. The van der Waals surface area contributed by atoms with E-state index in [1.165, 1.54) is 0 Å². The Hall–Kier alpha value is -1.88. The summed E-state index contributed by atoms with van der Waals surface area (Å²) in [7, 11) is 1.64. The van der Waals surface area contributed by atoms with E-state index in [-0.39, 0.29) is 17.7 Å². The number of nitrogens with one attached hydrogen (secondary N) is 1. The van der Waals surface area contributed by atoms with Gasteiger partial charge in [0.05, 0.1) is 6.61 Å². The third-order valence-corrected chi connectivity index (χ3v) is 3.61. The molecule has 1 aromatic rings. The molecule has 1 aromatic carbocycles. The van der Waals surface area contributed by atoms with Crippen LogP contribution in [0.5, 0.6) is 0 Å². The number of methoxy groups -OCH3 is 1. The third-order valence-electron chi connectivity index (χ3n) is 3.61. The first-order valence-electron chi connectivity index (χ1n) is 7.21.